The molecule has 0 amide bonds. The molecular weight excluding hydrogens is 240 g/mol. The van der Waals surface area contributed by atoms with Crippen LogP contribution in [0.25, 0.3) is 11.2 Å². The minimum Gasteiger partial charge on any atom is -0.342 e. The van der Waals surface area contributed by atoms with Gasteiger partial charge in [0.2, 0.25) is 0 Å². The Hall–Kier alpha value is -2.35. The lowest BCUT2D eigenvalue weighted by atomic mass is 10.6. The van der Waals surface area contributed by atoms with E-state index in [4.69, 9.17) is 0 Å². The van der Waals surface area contributed by atoms with Gasteiger partial charge >= 0.3 is 0 Å². The lowest BCUT2D eigenvalue weighted by Gasteiger charge is -1.80. The van der Waals surface area contributed by atoms with E-state index in [2.05, 4.69) is 42.1 Å². The normalized spacial score (nSPS) is 9.65. The molecule has 0 unspecified atom stereocenters. The van der Waals surface area contributed by atoms with Crippen molar-refractivity contribution in [2.45, 2.75) is 0 Å². The average Bonchev–Trinajstić information content (AvgIpc) is 2.77. The SMILES string of the molecule is O=c1cc[nH]c(=S)[nH]1.c1ncc2[nH]cnc2n1. The van der Waals surface area contributed by atoms with Crippen molar-refractivity contribution >= 4 is 23.4 Å². The molecule has 0 saturated carbocycles. The summed E-state index contributed by atoms with van der Waals surface area (Å²) in [6, 6.07) is 1.37. The molecule has 3 N–H and O–H groups in total. The first kappa shape index (κ1) is 11.1. The van der Waals surface area contributed by atoms with E-state index in [1.165, 1.54) is 18.6 Å². The van der Waals surface area contributed by atoms with Crippen molar-refractivity contribution in [1.29, 1.82) is 0 Å². The first-order chi connectivity index (χ1) is 8.25. The predicted octanol–water partition coefficient (Wildman–Crippen LogP) is 0.785. The number of nitrogens with one attached hydrogen (secondary N) is 3. The summed E-state index contributed by atoms with van der Waals surface area (Å²) < 4.78 is 0.359. The lowest BCUT2D eigenvalue weighted by Crippen LogP contribution is -2.02. The predicted molar refractivity (Wildman–Crippen MR) is 63.9 cm³/mol. The Bertz CT molecular complexity index is 659. The molecule has 8 heteroatoms. The second kappa shape index (κ2) is 5.12. The maximum Gasteiger partial charge on any atom is 0.251 e. The highest BCUT2D eigenvalue weighted by atomic mass is 32.1. The van der Waals surface area contributed by atoms with Crippen molar-refractivity contribution in [3.05, 3.63) is 46.2 Å². The summed E-state index contributed by atoms with van der Waals surface area (Å²) in [6.07, 6.45) is 6.26. The number of imidazole rings is 1. The molecule has 17 heavy (non-hydrogen) atoms. The van der Waals surface area contributed by atoms with Crippen molar-refractivity contribution in [3.8, 4) is 0 Å². The van der Waals surface area contributed by atoms with Crippen LogP contribution in [0.2, 0.25) is 0 Å². The monoisotopic (exact) mass is 248 g/mol. The van der Waals surface area contributed by atoms with Gasteiger partial charge in [-0.25, -0.2) is 15.0 Å². The molecule has 0 radical (unpaired) electrons. The number of aromatic nitrogens is 6. The number of hydrogen-bond donors (Lipinski definition) is 3. The Balaban J connectivity index is 0.000000128. The van der Waals surface area contributed by atoms with Gasteiger partial charge in [0, 0.05) is 12.3 Å². The molecule has 0 aromatic carbocycles. The van der Waals surface area contributed by atoms with Crippen molar-refractivity contribution in [1.82, 2.24) is 29.9 Å². The van der Waals surface area contributed by atoms with Crippen LogP contribution in [0.1, 0.15) is 0 Å². The van der Waals surface area contributed by atoms with E-state index in [0.29, 0.717) is 10.4 Å². The van der Waals surface area contributed by atoms with E-state index in [1.54, 1.807) is 12.5 Å². The van der Waals surface area contributed by atoms with Crippen LogP contribution < -0.4 is 5.56 Å². The molecule has 3 aromatic heterocycles. The summed E-state index contributed by atoms with van der Waals surface area (Å²) >= 11 is 4.59. The molecule has 0 fully saturated rings. The number of fused-ring (bicyclic) bond motifs is 1. The third-order valence-corrected chi connectivity index (χ3v) is 2.00. The summed E-state index contributed by atoms with van der Waals surface area (Å²) in [6.45, 7) is 0. The van der Waals surface area contributed by atoms with Gasteiger partial charge in [0.1, 0.15) is 11.8 Å². The Kier molecular flexibility index (Phi) is 3.36. The number of aromatic amines is 3. The summed E-state index contributed by atoms with van der Waals surface area (Å²) in [5.74, 6) is 0. The van der Waals surface area contributed by atoms with E-state index < -0.39 is 0 Å². The van der Waals surface area contributed by atoms with E-state index in [1.807, 2.05) is 0 Å². The fourth-order valence-electron chi connectivity index (χ4n) is 1.07. The summed E-state index contributed by atoms with van der Waals surface area (Å²) in [4.78, 5) is 29.8. The van der Waals surface area contributed by atoms with Crippen LogP contribution in [-0.4, -0.2) is 29.9 Å². The molecule has 0 spiro atoms. The van der Waals surface area contributed by atoms with Gasteiger partial charge in [-0.05, 0) is 12.2 Å². The summed E-state index contributed by atoms with van der Waals surface area (Å²) in [5, 5.41) is 0. The Labute approximate surface area is 100 Å². The third-order valence-electron chi connectivity index (χ3n) is 1.78. The summed E-state index contributed by atoms with van der Waals surface area (Å²) in [7, 11) is 0. The number of hydrogen-bond acceptors (Lipinski definition) is 5. The molecule has 0 atom stereocenters. The highest BCUT2D eigenvalue weighted by Gasteiger charge is 1.91. The molecule has 3 aromatic rings. The van der Waals surface area contributed by atoms with Gasteiger partial charge in [-0.15, -0.1) is 0 Å². The molecular formula is C9H8N6OS. The highest BCUT2D eigenvalue weighted by Crippen LogP contribution is 1.99. The molecule has 0 aliphatic rings. The van der Waals surface area contributed by atoms with Crippen LogP contribution in [0.15, 0.2) is 35.9 Å². The minimum absolute atomic E-state index is 0.172. The van der Waals surface area contributed by atoms with E-state index in [0.717, 1.165) is 5.52 Å². The van der Waals surface area contributed by atoms with E-state index in [9.17, 15) is 4.79 Å². The van der Waals surface area contributed by atoms with E-state index >= 15 is 0 Å². The topological polar surface area (TPSA) is 103 Å². The third kappa shape index (κ3) is 3.05. The number of nitrogens with zero attached hydrogens (tertiary/aromatic N) is 3. The second-order valence-electron chi connectivity index (χ2n) is 2.96. The van der Waals surface area contributed by atoms with Crippen molar-refractivity contribution < 1.29 is 0 Å². The van der Waals surface area contributed by atoms with Crippen molar-refractivity contribution in [2.24, 2.45) is 0 Å². The Morgan fingerprint density at radius 3 is 2.76 bits per heavy atom. The van der Waals surface area contributed by atoms with Crippen LogP contribution >= 0.6 is 12.2 Å². The fraction of sp³-hybridized carbons (Fsp3) is 0. The first-order valence-electron chi connectivity index (χ1n) is 4.63. The fourth-order valence-corrected chi connectivity index (χ4v) is 1.24. The van der Waals surface area contributed by atoms with Gasteiger partial charge in [-0.1, -0.05) is 0 Å². The average molecular weight is 248 g/mol. The Morgan fingerprint density at radius 2 is 2.12 bits per heavy atom. The second-order valence-corrected chi connectivity index (χ2v) is 3.37. The summed E-state index contributed by atoms with van der Waals surface area (Å²) in [5.41, 5.74) is 1.41. The lowest BCUT2D eigenvalue weighted by molar-refractivity contribution is 1.09. The quantitative estimate of drug-likeness (QED) is 0.510. The zero-order chi connectivity index (χ0) is 12.1. The molecule has 0 saturated heterocycles. The molecule has 3 heterocycles. The molecule has 0 aliphatic heterocycles. The minimum atomic E-state index is -0.172. The van der Waals surface area contributed by atoms with Crippen LogP contribution in [0, 0.1) is 4.77 Å². The van der Waals surface area contributed by atoms with Gasteiger partial charge in [0.25, 0.3) is 5.56 Å². The molecule has 0 aliphatic carbocycles. The van der Waals surface area contributed by atoms with Gasteiger partial charge in [0.05, 0.1) is 12.5 Å². The number of rotatable bonds is 0. The van der Waals surface area contributed by atoms with Gasteiger partial charge < -0.3 is 9.97 Å². The standard InChI is InChI=1S/C5H4N4.C4H4N2OS/c1-4-5(8-2-6-1)9-3-7-4;7-3-1-2-5-4(8)6-3/h1-3H,(H,6,7,8,9);1-2H,(H2,5,6,7,8). The van der Waals surface area contributed by atoms with Gasteiger partial charge in [-0.2, -0.15) is 0 Å². The maximum absolute atomic E-state index is 10.3. The van der Waals surface area contributed by atoms with Crippen molar-refractivity contribution in [2.75, 3.05) is 0 Å². The highest BCUT2D eigenvalue weighted by molar-refractivity contribution is 7.71. The van der Waals surface area contributed by atoms with E-state index in [-0.39, 0.29) is 5.56 Å². The smallest absolute Gasteiger partial charge is 0.251 e. The molecule has 0 bridgehead atoms. The maximum atomic E-state index is 10.3. The van der Waals surface area contributed by atoms with Crippen LogP contribution in [-0.2, 0) is 0 Å². The van der Waals surface area contributed by atoms with Crippen molar-refractivity contribution in [3.63, 3.8) is 0 Å². The number of H-pyrrole nitrogens is 3. The Morgan fingerprint density at radius 1 is 1.24 bits per heavy atom. The zero-order valence-corrected chi connectivity index (χ0v) is 9.36. The largest absolute Gasteiger partial charge is 0.342 e. The molecule has 3 rings (SSSR count). The molecule has 86 valence electrons. The molecule has 7 nitrogen and oxygen atoms in total. The zero-order valence-electron chi connectivity index (χ0n) is 8.54. The van der Waals surface area contributed by atoms with Gasteiger partial charge in [0.15, 0.2) is 10.4 Å². The van der Waals surface area contributed by atoms with Gasteiger partial charge in [-0.3, -0.25) is 9.78 Å². The van der Waals surface area contributed by atoms with Crippen LogP contribution in [0.5, 0.6) is 0 Å². The van der Waals surface area contributed by atoms with Crippen LogP contribution in [0.4, 0.5) is 0 Å². The first-order valence-corrected chi connectivity index (χ1v) is 5.03. The van der Waals surface area contributed by atoms with Crippen LogP contribution in [0.3, 0.4) is 0 Å².